The van der Waals surface area contributed by atoms with Gasteiger partial charge in [0.05, 0.1) is 11.6 Å². The minimum absolute atomic E-state index is 0.160. The van der Waals surface area contributed by atoms with Crippen LogP contribution in [0.1, 0.15) is 25.0 Å². The topological polar surface area (TPSA) is 0 Å². The normalized spacial score (nSPS) is 9.82. The van der Waals surface area contributed by atoms with Crippen molar-refractivity contribution in [3.63, 3.8) is 0 Å². The fourth-order valence-electron chi connectivity index (χ4n) is 1.13. The van der Waals surface area contributed by atoms with Crippen molar-refractivity contribution in [2.24, 2.45) is 0 Å². The van der Waals surface area contributed by atoms with Crippen LogP contribution in [0.3, 0.4) is 0 Å². The summed E-state index contributed by atoms with van der Waals surface area (Å²) in [5.74, 6) is 0.994. The Bertz CT molecular complexity index is 251. The van der Waals surface area contributed by atoms with Crippen LogP contribution in [0.4, 0.5) is 4.39 Å². The average molecular weight is 151 g/mol. The van der Waals surface area contributed by atoms with Crippen molar-refractivity contribution in [2.45, 2.75) is 20.8 Å². The number of rotatable bonds is 1. The third-order valence-corrected chi connectivity index (χ3v) is 1.74. The van der Waals surface area contributed by atoms with Crippen molar-refractivity contribution in [1.82, 2.24) is 0 Å². The summed E-state index contributed by atoms with van der Waals surface area (Å²) < 4.78 is 12.7. The van der Waals surface area contributed by atoms with E-state index in [2.05, 4.69) is 0 Å². The molecule has 0 bridgehead atoms. The lowest BCUT2D eigenvalue weighted by Crippen LogP contribution is -1.93. The molecule has 0 saturated heterocycles. The van der Waals surface area contributed by atoms with Crippen molar-refractivity contribution in [3.8, 4) is 0 Å². The second kappa shape index (κ2) is 2.95. The summed E-state index contributed by atoms with van der Waals surface area (Å²) in [6.07, 6.45) is 0. The maximum atomic E-state index is 12.7. The molecule has 1 aromatic rings. The van der Waals surface area contributed by atoms with Crippen LogP contribution in [0.2, 0.25) is 0 Å². The number of halogens is 1. The molecule has 0 aliphatic rings. The van der Waals surface area contributed by atoms with E-state index in [1.165, 1.54) is 6.07 Å². The minimum atomic E-state index is -0.160. The van der Waals surface area contributed by atoms with E-state index < -0.39 is 0 Å². The van der Waals surface area contributed by atoms with Crippen molar-refractivity contribution in [2.75, 3.05) is 0 Å². The second-order valence-electron chi connectivity index (χ2n) is 2.96. The van der Waals surface area contributed by atoms with Gasteiger partial charge in [0, 0.05) is 38.8 Å². The lowest BCUT2D eigenvalue weighted by atomic mass is 9.98. The van der Waals surface area contributed by atoms with Gasteiger partial charge in [0.15, 0.2) is 5.82 Å². The van der Waals surface area contributed by atoms with Gasteiger partial charge in [-0.1, -0.05) is 0 Å². The van der Waals surface area contributed by atoms with Gasteiger partial charge in [-0.05, 0) is 0 Å². The predicted octanol–water partition coefficient (Wildman–Crippen LogP) is 3.10. The maximum Gasteiger partial charge on any atom is 0.180 e. The zero-order valence-corrected chi connectivity index (χ0v) is 7.11. The first-order chi connectivity index (χ1) is 5.11. The number of aryl methyl sites for hydroxylation is 1. The van der Waals surface area contributed by atoms with Crippen LogP contribution in [0.25, 0.3) is 0 Å². The van der Waals surface area contributed by atoms with Gasteiger partial charge in [0.2, 0.25) is 0 Å². The van der Waals surface area contributed by atoms with E-state index in [0.29, 0.717) is 0 Å². The van der Waals surface area contributed by atoms with E-state index in [9.17, 15) is 4.39 Å². The highest BCUT2D eigenvalue weighted by Gasteiger charge is 2.12. The molecule has 0 radical (unpaired) electrons. The molecule has 0 heterocycles. The number of benzene rings is 1. The third kappa shape index (κ3) is 1.73. The molecule has 1 aromatic carbocycles. The monoisotopic (exact) mass is 151 g/mol. The Morgan fingerprint density at radius 3 is 2.36 bits per heavy atom. The van der Waals surface area contributed by atoms with Gasteiger partial charge in [0.1, 0.15) is 5.56 Å². The molecule has 1 rings (SSSR count). The molecule has 0 aromatic heterocycles. The average Bonchev–Trinajstić information content (AvgIpc) is 1.94. The first kappa shape index (κ1) is 8.12. The minimum Gasteiger partial charge on any atom is -0.191 e. The first-order valence-corrected chi connectivity index (χ1v) is 3.68. The zero-order chi connectivity index (χ0) is 8.43. The maximum absolute atomic E-state index is 12.7. The molecule has 0 aliphatic heterocycles. The van der Waals surface area contributed by atoms with Gasteiger partial charge in [-0.3, -0.25) is 0 Å². The molecular formula is C10H12F+. The molecule has 58 valence electrons. The quantitative estimate of drug-likeness (QED) is 0.541. The molecule has 0 atom stereocenters. The fraction of sp³-hybridized carbons (Fsp3) is 0.300. The van der Waals surface area contributed by atoms with E-state index in [-0.39, 0.29) is 5.82 Å². The Morgan fingerprint density at radius 2 is 1.91 bits per heavy atom. The van der Waals surface area contributed by atoms with Crippen LogP contribution in [-0.2, 0) is 0 Å². The highest BCUT2D eigenvalue weighted by Crippen LogP contribution is 2.18. The Balaban J connectivity index is 3.13. The van der Waals surface area contributed by atoms with Crippen molar-refractivity contribution in [1.29, 1.82) is 0 Å². The summed E-state index contributed by atoms with van der Waals surface area (Å²) >= 11 is 0. The summed E-state index contributed by atoms with van der Waals surface area (Å²) in [7, 11) is 0. The summed E-state index contributed by atoms with van der Waals surface area (Å²) in [6.45, 7) is 5.96. The summed E-state index contributed by atoms with van der Waals surface area (Å²) in [5, 5.41) is 0. The van der Waals surface area contributed by atoms with Gasteiger partial charge in [-0.25, -0.2) is 0 Å². The Morgan fingerprint density at radius 1 is 1.27 bits per heavy atom. The largest absolute Gasteiger partial charge is 0.191 e. The highest BCUT2D eigenvalue weighted by molar-refractivity contribution is 5.36. The van der Waals surface area contributed by atoms with Crippen molar-refractivity contribution < 1.29 is 4.39 Å². The fourth-order valence-corrected chi connectivity index (χ4v) is 1.13. The van der Waals surface area contributed by atoms with Crippen LogP contribution in [0.15, 0.2) is 18.2 Å². The highest BCUT2D eigenvalue weighted by atomic mass is 19.1. The lowest BCUT2D eigenvalue weighted by Gasteiger charge is -1.98. The van der Waals surface area contributed by atoms with Gasteiger partial charge < -0.3 is 0 Å². The summed E-state index contributed by atoms with van der Waals surface area (Å²) in [4.78, 5) is 0. The Kier molecular flexibility index (Phi) is 2.18. The van der Waals surface area contributed by atoms with Gasteiger partial charge in [-0.2, -0.15) is 4.39 Å². The number of hydrogen-bond acceptors (Lipinski definition) is 0. The third-order valence-electron chi connectivity index (χ3n) is 1.74. The molecule has 1 heteroatoms. The molecule has 0 aliphatic carbocycles. The predicted molar refractivity (Wildman–Crippen MR) is 44.8 cm³/mol. The second-order valence-corrected chi connectivity index (χ2v) is 2.96. The molecular weight excluding hydrogens is 139 g/mol. The van der Waals surface area contributed by atoms with E-state index in [4.69, 9.17) is 0 Å². The molecule has 11 heavy (non-hydrogen) atoms. The van der Waals surface area contributed by atoms with E-state index in [0.717, 1.165) is 17.0 Å². The zero-order valence-electron chi connectivity index (χ0n) is 7.11. The first-order valence-electron chi connectivity index (χ1n) is 3.68. The SMILES string of the molecule is Cc1ccc(F)cc1[C+](C)C. The van der Waals surface area contributed by atoms with Gasteiger partial charge in [0.25, 0.3) is 0 Å². The Hall–Kier alpha value is -0.980. The van der Waals surface area contributed by atoms with Crippen molar-refractivity contribution >= 4 is 0 Å². The number of hydrogen-bond donors (Lipinski definition) is 0. The standard InChI is InChI=1S/C10H12F/c1-7(2)10-6-9(11)5-4-8(10)3/h4-6H,1-3H3/q+1. The van der Waals surface area contributed by atoms with E-state index >= 15 is 0 Å². The Labute approximate surface area is 67.1 Å². The van der Waals surface area contributed by atoms with Gasteiger partial charge in [-0.15, -0.1) is 0 Å². The smallest absolute Gasteiger partial charge is 0.180 e. The molecule has 0 amide bonds. The molecule has 0 nitrogen and oxygen atoms in total. The molecule has 0 unspecified atom stereocenters. The van der Waals surface area contributed by atoms with E-state index in [1.807, 2.05) is 20.8 Å². The lowest BCUT2D eigenvalue weighted by molar-refractivity contribution is 0.625. The van der Waals surface area contributed by atoms with Crippen LogP contribution in [-0.4, -0.2) is 0 Å². The van der Waals surface area contributed by atoms with Crippen LogP contribution in [0.5, 0.6) is 0 Å². The summed E-state index contributed by atoms with van der Waals surface area (Å²) in [6, 6.07) is 4.87. The van der Waals surface area contributed by atoms with Crippen LogP contribution in [0, 0.1) is 18.7 Å². The molecule has 0 spiro atoms. The van der Waals surface area contributed by atoms with Gasteiger partial charge >= 0.3 is 0 Å². The molecule has 0 N–H and O–H groups in total. The molecule has 0 fully saturated rings. The van der Waals surface area contributed by atoms with Crippen LogP contribution < -0.4 is 0 Å². The summed E-state index contributed by atoms with van der Waals surface area (Å²) in [5.41, 5.74) is 2.15. The van der Waals surface area contributed by atoms with Crippen LogP contribution >= 0.6 is 0 Å². The molecule has 0 saturated carbocycles. The van der Waals surface area contributed by atoms with E-state index in [1.54, 1.807) is 12.1 Å². The van der Waals surface area contributed by atoms with Crippen molar-refractivity contribution in [3.05, 3.63) is 41.1 Å².